The van der Waals surface area contributed by atoms with Crippen molar-refractivity contribution in [2.75, 3.05) is 13.2 Å². The van der Waals surface area contributed by atoms with Crippen molar-refractivity contribution in [3.63, 3.8) is 0 Å². The Morgan fingerprint density at radius 3 is 2.36 bits per heavy atom. The number of carbonyl (C=O) groups is 1. The van der Waals surface area contributed by atoms with Crippen molar-refractivity contribution in [2.24, 2.45) is 0 Å². The molecule has 0 saturated heterocycles. The predicted octanol–water partition coefficient (Wildman–Crippen LogP) is 4.92. The summed E-state index contributed by atoms with van der Waals surface area (Å²) in [7, 11) is -3.92. The monoisotopic (exact) mass is 530 g/mol. The van der Waals surface area contributed by atoms with Gasteiger partial charge in [-0.1, -0.05) is 58.4 Å². The van der Waals surface area contributed by atoms with E-state index in [1.165, 1.54) is 16.4 Å². The van der Waals surface area contributed by atoms with Gasteiger partial charge in [-0.25, -0.2) is 8.42 Å². The lowest BCUT2D eigenvalue weighted by Gasteiger charge is -2.23. The molecule has 0 aliphatic heterocycles. The van der Waals surface area contributed by atoms with Crippen molar-refractivity contribution < 1.29 is 17.9 Å². The summed E-state index contributed by atoms with van der Waals surface area (Å²) in [6.45, 7) is 3.99. The van der Waals surface area contributed by atoms with Gasteiger partial charge in [-0.05, 0) is 61.4 Å². The van der Waals surface area contributed by atoms with Gasteiger partial charge in [-0.3, -0.25) is 4.79 Å². The molecule has 0 radical (unpaired) electrons. The van der Waals surface area contributed by atoms with Crippen molar-refractivity contribution in [3.05, 3.63) is 94.5 Å². The highest BCUT2D eigenvalue weighted by Crippen LogP contribution is 2.22. The first-order valence-electron chi connectivity index (χ1n) is 10.6. The number of sulfonamides is 1. The van der Waals surface area contributed by atoms with Crippen LogP contribution in [-0.2, 0) is 21.4 Å². The van der Waals surface area contributed by atoms with Crippen LogP contribution < -0.4 is 10.1 Å². The molecule has 0 aromatic heterocycles. The molecule has 3 rings (SSSR count). The number of nitrogens with zero attached hydrogens (tertiary/aromatic N) is 1. The Morgan fingerprint density at radius 2 is 1.73 bits per heavy atom. The number of nitrogens with one attached hydrogen (secondary N) is 1. The standard InChI is InChI=1S/C25H27BrN2O4S/c1-3-32-23-12-14-24(15-13-23)33(30,31)28(17-20-8-5-4-6-9-20)18-25(29)27-19(2)21-10-7-11-22(26)16-21/h4-16,19H,3,17-18H2,1-2H3,(H,27,29)/t19-/m0/s1. The maximum absolute atomic E-state index is 13.4. The van der Waals surface area contributed by atoms with Gasteiger partial charge in [-0.15, -0.1) is 0 Å². The molecular weight excluding hydrogens is 504 g/mol. The van der Waals surface area contributed by atoms with Gasteiger partial charge in [0, 0.05) is 11.0 Å². The van der Waals surface area contributed by atoms with Crippen LogP contribution in [0.5, 0.6) is 5.75 Å². The largest absolute Gasteiger partial charge is 0.494 e. The van der Waals surface area contributed by atoms with Gasteiger partial charge in [0.05, 0.1) is 24.1 Å². The van der Waals surface area contributed by atoms with Gasteiger partial charge in [0.1, 0.15) is 5.75 Å². The second-order valence-corrected chi connectivity index (χ2v) is 10.4. The van der Waals surface area contributed by atoms with Crippen LogP contribution >= 0.6 is 15.9 Å². The zero-order valence-corrected chi connectivity index (χ0v) is 21.0. The predicted molar refractivity (Wildman–Crippen MR) is 132 cm³/mol. The SMILES string of the molecule is CCOc1ccc(S(=O)(=O)N(CC(=O)N[C@@H](C)c2cccc(Br)c2)Cc2ccccc2)cc1. The van der Waals surface area contributed by atoms with Crippen LogP contribution in [0.2, 0.25) is 0 Å². The minimum absolute atomic E-state index is 0.0784. The zero-order chi connectivity index (χ0) is 23.8. The van der Waals surface area contributed by atoms with E-state index < -0.39 is 10.0 Å². The average Bonchev–Trinajstić information content (AvgIpc) is 2.80. The summed E-state index contributed by atoms with van der Waals surface area (Å²) in [5, 5.41) is 2.90. The first-order chi connectivity index (χ1) is 15.8. The van der Waals surface area contributed by atoms with E-state index in [1.54, 1.807) is 12.1 Å². The van der Waals surface area contributed by atoms with E-state index >= 15 is 0 Å². The summed E-state index contributed by atoms with van der Waals surface area (Å²) < 4.78 is 34.4. The van der Waals surface area contributed by atoms with Crippen LogP contribution in [-0.4, -0.2) is 31.8 Å². The van der Waals surface area contributed by atoms with Crippen molar-refractivity contribution in [1.82, 2.24) is 9.62 Å². The third kappa shape index (κ3) is 6.90. The molecule has 33 heavy (non-hydrogen) atoms. The van der Waals surface area contributed by atoms with Crippen LogP contribution in [0.4, 0.5) is 0 Å². The summed E-state index contributed by atoms with van der Waals surface area (Å²) in [6.07, 6.45) is 0. The Morgan fingerprint density at radius 1 is 1.03 bits per heavy atom. The molecule has 0 aliphatic carbocycles. The van der Waals surface area contributed by atoms with E-state index in [9.17, 15) is 13.2 Å². The molecule has 1 atom stereocenters. The number of hydrogen-bond donors (Lipinski definition) is 1. The van der Waals surface area contributed by atoms with Crippen molar-refractivity contribution in [1.29, 1.82) is 0 Å². The first kappa shape index (κ1) is 25.0. The van der Waals surface area contributed by atoms with Gasteiger partial charge < -0.3 is 10.1 Å². The molecule has 3 aromatic rings. The molecule has 0 heterocycles. The molecule has 174 valence electrons. The zero-order valence-electron chi connectivity index (χ0n) is 18.6. The molecule has 0 bridgehead atoms. The fourth-order valence-corrected chi connectivity index (χ4v) is 5.14. The fraction of sp³-hybridized carbons (Fsp3) is 0.240. The highest BCUT2D eigenvalue weighted by atomic mass is 79.9. The summed E-state index contributed by atoms with van der Waals surface area (Å²) in [4.78, 5) is 13.0. The molecular formula is C25H27BrN2O4S. The molecule has 0 saturated carbocycles. The summed E-state index contributed by atoms with van der Waals surface area (Å²) in [6, 6.07) is 22.8. The van der Waals surface area contributed by atoms with Crippen molar-refractivity contribution >= 4 is 31.9 Å². The van der Waals surface area contributed by atoms with E-state index in [1.807, 2.05) is 68.4 Å². The summed E-state index contributed by atoms with van der Waals surface area (Å²) >= 11 is 3.43. The molecule has 6 nitrogen and oxygen atoms in total. The van der Waals surface area contributed by atoms with Crippen LogP contribution in [0.15, 0.2) is 88.2 Å². The molecule has 3 aromatic carbocycles. The van der Waals surface area contributed by atoms with Crippen LogP contribution in [0.1, 0.15) is 31.0 Å². The Hall–Kier alpha value is -2.68. The number of halogens is 1. The van der Waals surface area contributed by atoms with Gasteiger partial charge in [0.25, 0.3) is 0 Å². The second kappa shape index (κ2) is 11.4. The maximum Gasteiger partial charge on any atom is 0.243 e. The Kier molecular flexibility index (Phi) is 8.66. The number of amides is 1. The first-order valence-corrected chi connectivity index (χ1v) is 12.8. The quantitative estimate of drug-likeness (QED) is 0.403. The number of benzene rings is 3. The lowest BCUT2D eigenvalue weighted by molar-refractivity contribution is -0.122. The average molecular weight is 531 g/mol. The molecule has 1 amide bonds. The lowest BCUT2D eigenvalue weighted by atomic mass is 10.1. The smallest absolute Gasteiger partial charge is 0.243 e. The second-order valence-electron chi connectivity index (χ2n) is 7.51. The minimum atomic E-state index is -3.92. The highest BCUT2D eigenvalue weighted by molar-refractivity contribution is 9.10. The number of carbonyl (C=O) groups excluding carboxylic acids is 1. The van der Waals surface area contributed by atoms with Crippen molar-refractivity contribution in [3.8, 4) is 5.75 Å². The van der Waals surface area contributed by atoms with E-state index in [2.05, 4.69) is 21.2 Å². The molecule has 1 N–H and O–H groups in total. The summed E-state index contributed by atoms with van der Waals surface area (Å²) in [5.41, 5.74) is 1.71. The minimum Gasteiger partial charge on any atom is -0.494 e. The maximum atomic E-state index is 13.4. The highest BCUT2D eigenvalue weighted by Gasteiger charge is 2.27. The number of ether oxygens (including phenoxy) is 1. The fourth-order valence-electron chi connectivity index (χ4n) is 3.34. The number of hydrogen-bond acceptors (Lipinski definition) is 4. The van der Waals surface area contributed by atoms with E-state index in [4.69, 9.17) is 4.74 Å². The molecule has 0 spiro atoms. The van der Waals surface area contributed by atoms with Gasteiger partial charge in [0.2, 0.25) is 15.9 Å². The molecule has 0 unspecified atom stereocenters. The normalized spacial score (nSPS) is 12.4. The van der Waals surface area contributed by atoms with Gasteiger partial charge in [0.15, 0.2) is 0 Å². The third-order valence-corrected chi connectivity index (χ3v) is 7.32. The van der Waals surface area contributed by atoms with Crippen LogP contribution in [0.25, 0.3) is 0 Å². The Labute approximate surface area is 203 Å². The Bertz CT molecular complexity index is 1170. The van der Waals surface area contributed by atoms with Crippen LogP contribution in [0, 0.1) is 0 Å². The van der Waals surface area contributed by atoms with E-state index in [0.717, 1.165) is 15.6 Å². The third-order valence-electron chi connectivity index (χ3n) is 5.02. The molecule has 8 heteroatoms. The van der Waals surface area contributed by atoms with Crippen molar-refractivity contribution in [2.45, 2.75) is 31.3 Å². The molecule has 0 aliphatic rings. The van der Waals surface area contributed by atoms with Gasteiger partial charge in [-0.2, -0.15) is 4.31 Å². The summed E-state index contributed by atoms with van der Waals surface area (Å²) in [5.74, 6) is 0.208. The van der Waals surface area contributed by atoms with E-state index in [-0.39, 0.29) is 29.9 Å². The van der Waals surface area contributed by atoms with Crippen LogP contribution in [0.3, 0.4) is 0 Å². The lowest BCUT2D eigenvalue weighted by Crippen LogP contribution is -2.41. The molecule has 0 fully saturated rings. The Balaban J connectivity index is 1.82. The van der Waals surface area contributed by atoms with Gasteiger partial charge >= 0.3 is 0 Å². The number of rotatable bonds is 10. The van der Waals surface area contributed by atoms with E-state index in [0.29, 0.717) is 12.4 Å². The topological polar surface area (TPSA) is 75.7 Å².